The Kier molecular flexibility index (Phi) is 6.76. The van der Waals surface area contributed by atoms with Crippen LogP contribution in [-0.2, 0) is 14.8 Å². The van der Waals surface area contributed by atoms with Crippen molar-refractivity contribution in [1.29, 1.82) is 0 Å². The third-order valence-electron chi connectivity index (χ3n) is 5.07. The molecule has 1 fully saturated rings. The van der Waals surface area contributed by atoms with Gasteiger partial charge in [-0.25, -0.2) is 8.42 Å². The molecule has 8 heteroatoms. The van der Waals surface area contributed by atoms with Crippen LogP contribution in [0.1, 0.15) is 19.3 Å². The molecule has 1 aliphatic rings. The Labute approximate surface area is 172 Å². The lowest BCUT2D eigenvalue weighted by Gasteiger charge is -2.26. The van der Waals surface area contributed by atoms with Gasteiger partial charge in [0.05, 0.1) is 24.2 Å². The summed E-state index contributed by atoms with van der Waals surface area (Å²) in [5, 5.41) is 3.03. The van der Waals surface area contributed by atoms with Crippen LogP contribution in [0.25, 0.3) is 0 Å². The zero-order valence-electron chi connectivity index (χ0n) is 16.8. The van der Waals surface area contributed by atoms with Crippen molar-refractivity contribution in [1.82, 2.24) is 4.31 Å². The summed E-state index contributed by atoms with van der Waals surface area (Å²) in [6.07, 6.45) is 2.81. The molecule has 1 saturated heterocycles. The summed E-state index contributed by atoms with van der Waals surface area (Å²) in [5.74, 6) is 0.334. The highest BCUT2D eigenvalue weighted by Crippen LogP contribution is 2.30. The summed E-state index contributed by atoms with van der Waals surface area (Å²) in [6.45, 7) is 1.09. The summed E-state index contributed by atoms with van der Waals surface area (Å²) in [4.78, 5) is 14.3. The Bertz CT molecular complexity index is 942. The van der Waals surface area contributed by atoms with Crippen LogP contribution in [0.15, 0.2) is 53.4 Å². The van der Waals surface area contributed by atoms with Gasteiger partial charge in [-0.05, 0) is 43.2 Å². The maximum atomic E-state index is 13.0. The number of rotatable bonds is 7. The topological polar surface area (TPSA) is 79.0 Å². The van der Waals surface area contributed by atoms with E-state index >= 15 is 0 Å². The molecule has 2 aromatic rings. The number of ether oxygens (including phenoxy) is 1. The summed E-state index contributed by atoms with van der Waals surface area (Å²) < 4.78 is 32.8. The molecule has 7 nitrogen and oxygen atoms in total. The Balaban J connectivity index is 1.76. The van der Waals surface area contributed by atoms with E-state index in [0.29, 0.717) is 24.5 Å². The van der Waals surface area contributed by atoms with Crippen molar-refractivity contribution in [2.45, 2.75) is 24.2 Å². The van der Waals surface area contributed by atoms with Gasteiger partial charge in [0.2, 0.25) is 15.9 Å². The zero-order valence-corrected chi connectivity index (χ0v) is 17.6. The monoisotopic (exact) mass is 417 g/mol. The van der Waals surface area contributed by atoms with Gasteiger partial charge in [-0.15, -0.1) is 0 Å². The Morgan fingerprint density at radius 1 is 1.10 bits per heavy atom. The summed E-state index contributed by atoms with van der Waals surface area (Å²) in [6, 6.07) is 14.0. The average molecular weight is 418 g/mol. The molecule has 0 saturated carbocycles. The number of nitrogens with zero attached hydrogens (tertiary/aromatic N) is 2. The van der Waals surface area contributed by atoms with Gasteiger partial charge in [-0.2, -0.15) is 4.31 Å². The van der Waals surface area contributed by atoms with Crippen molar-refractivity contribution >= 4 is 27.3 Å². The lowest BCUT2D eigenvalue weighted by molar-refractivity contribution is -0.116. The number of piperidine rings is 1. The smallest absolute Gasteiger partial charge is 0.246 e. The minimum atomic E-state index is -3.56. The lowest BCUT2D eigenvalue weighted by Crippen LogP contribution is -2.35. The van der Waals surface area contributed by atoms with Gasteiger partial charge < -0.3 is 15.0 Å². The SMILES string of the molecule is COc1ccc(S(=O)(=O)N2CCCCC2)cc1NCC(=O)N(C)c1ccccc1. The fourth-order valence-corrected chi connectivity index (χ4v) is 4.87. The number of anilines is 2. The fourth-order valence-electron chi connectivity index (χ4n) is 3.33. The first-order valence-corrected chi connectivity index (χ1v) is 11.1. The molecule has 0 spiro atoms. The molecule has 3 rings (SSSR count). The van der Waals surface area contributed by atoms with E-state index in [4.69, 9.17) is 4.74 Å². The number of nitrogens with one attached hydrogen (secondary N) is 1. The molecule has 1 aliphatic heterocycles. The minimum Gasteiger partial charge on any atom is -0.495 e. The number of carbonyl (C=O) groups excluding carboxylic acids is 1. The first-order valence-electron chi connectivity index (χ1n) is 9.67. The Morgan fingerprint density at radius 3 is 2.45 bits per heavy atom. The van der Waals surface area contributed by atoms with Crippen molar-refractivity contribution in [3.05, 3.63) is 48.5 Å². The van der Waals surface area contributed by atoms with E-state index in [9.17, 15) is 13.2 Å². The van der Waals surface area contributed by atoms with Gasteiger partial charge in [0.15, 0.2) is 0 Å². The number of hydrogen-bond donors (Lipinski definition) is 1. The number of sulfonamides is 1. The molecule has 0 aliphatic carbocycles. The molecule has 0 unspecified atom stereocenters. The molecule has 156 valence electrons. The van der Waals surface area contributed by atoms with E-state index in [-0.39, 0.29) is 17.3 Å². The van der Waals surface area contributed by atoms with Gasteiger partial charge >= 0.3 is 0 Å². The van der Waals surface area contributed by atoms with Crippen LogP contribution in [0.4, 0.5) is 11.4 Å². The van der Waals surface area contributed by atoms with Crippen molar-refractivity contribution in [3.8, 4) is 5.75 Å². The predicted octanol–water partition coefficient (Wildman–Crippen LogP) is 2.94. The number of likely N-dealkylation sites (N-methyl/N-ethyl adjacent to an activating group) is 1. The zero-order chi connectivity index (χ0) is 20.9. The van der Waals surface area contributed by atoms with E-state index in [2.05, 4.69) is 5.32 Å². The molecule has 1 amide bonds. The largest absolute Gasteiger partial charge is 0.495 e. The standard InChI is InChI=1S/C21H27N3O4S/c1-23(17-9-5-3-6-10-17)21(25)16-22-19-15-18(11-12-20(19)28-2)29(26,27)24-13-7-4-8-14-24/h3,5-6,9-12,15,22H,4,7-8,13-14,16H2,1-2H3. The molecular formula is C21H27N3O4S. The number of amides is 1. The van der Waals surface area contributed by atoms with Gasteiger partial charge in [0.25, 0.3) is 0 Å². The number of carbonyl (C=O) groups is 1. The van der Waals surface area contributed by atoms with Crippen molar-refractivity contribution in [3.63, 3.8) is 0 Å². The summed E-state index contributed by atoms with van der Waals surface area (Å²) >= 11 is 0. The summed E-state index contributed by atoms with van der Waals surface area (Å²) in [7, 11) is -0.352. The second kappa shape index (κ2) is 9.28. The first kappa shape index (κ1) is 21.1. The van der Waals surface area contributed by atoms with E-state index in [1.165, 1.54) is 11.4 Å². The quantitative estimate of drug-likeness (QED) is 0.749. The van der Waals surface area contributed by atoms with Crippen LogP contribution in [-0.4, -0.2) is 52.4 Å². The van der Waals surface area contributed by atoms with Crippen LogP contribution in [0.2, 0.25) is 0 Å². The molecule has 2 aromatic carbocycles. The van der Waals surface area contributed by atoms with Crippen LogP contribution in [0.3, 0.4) is 0 Å². The highest BCUT2D eigenvalue weighted by atomic mass is 32.2. The average Bonchev–Trinajstić information content (AvgIpc) is 2.77. The molecule has 0 radical (unpaired) electrons. The van der Waals surface area contributed by atoms with E-state index in [1.807, 2.05) is 30.3 Å². The van der Waals surface area contributed by atoms with Gasteiger partial charge in [-0.1, -0.05) is 24.6 Å². The van der Waals surface area contributed by atoms with Crippen LogP contribution >= 0.6 is 0 Å². The number of benzene rings is 2. The first-order chi connectivity index (χ1) is 13.9. The van der Waals surface area contributed by atoms with Crippen molar-refractivity contribution < 1.29 is 17.9 Å². The maximum Gasteiger partial charge on any atom is 0.246 e. The Hall–Kier alpha value is -2.58. The second-order valence-electron chi connectivity index (χ2n) is 6.97. The molecule has 0 bridgehead atoms. The molecule has 0 aromatic heterocycles. The minimum absolute atomic E-state index is 0.00890. The molecule has 1 N–H and O–H groups in total. The van der Waals surface area contributed by atoms with Gasteiger partial charge in [0.1, 0.15) is 5.75 Å². The van der Waals surface area contributed by atoms with E-state index < -0.39 is 10.0 Å². The Morgan fingerprint density at radius 2 is 1.79 bits per heavy atom. The summed E-state index contributed by atoms with van der Waals surface area (Å²) in [5.41, 5.74) is 1.26. The third kappa shape index (κ3) is 4.89. The molecular weight excluding hydrogens is 390 g/mol. The van der Waals surface area contributed by atoms with Gasteiger partial charge in [-0.3, -0.25) is 4.79 Å². The maximum absolute atomic E-state index is 13.0. The fraction of sp³-hybridized carbons (Fsp3) is 0.381. The van der Waals surface area contributed by atoms with Crippen molar-refractivity contribution in [2.24, 2.45) is 0 Å². The lowest BCUT2D eigenvalue weighted by atomic mass is 10.2. The van der Waals surface area contributed by atoms with Gasteiger partial charge in [0, 0.05) is 25.8 Å². The normalized spacial score (nSPS) is 15.0. The van der Waals surface area contributed by atoms with E-state index in [0.717, 1.165) is 24.9 Å². The van der Waals surface area contributed by atoms with Crippen molar-refractivity contribution in [2.75, 3.05) is 44.0 Å². The van der Waals surface area contributed by atoms with E-state index in [1.54, 1.807) is 30.1 Å². The third-order valence-corrected chi connectivity index (χ3v) is 6.97. The predicted molar refractivity (Wildman–Crippen MR) is 114 cm³/mol. The number of methoxy groups -OCH3 is 1. The molecule has 1 heterocycles. The molecule has 29 heavy (non-hydrogen) atoms. The number of hydrogen-bond acceptors (Lipinski definition) is 5. The second-order valence-corrected chi connectivity index (χ2v) is 8.91. The number of para-hydroxylation sites is 1. The highest BCUT2D eigenvalue weighted by Gasteiger charge is 2.26. The van der Waals surface area contributed by atoms with Crippen LogP contribution in [0, 0.1) is 0 Å². The van der Waals surface area contributed by atoms with Crippen LogP contribution < -0.4 is 15.0 Å². The van der Waals surface area contributed by atoms with Crippen LogP contribution in [0.5, 0.6) is 5.75 Å². The highest BCUT2D eigenvalue weighted by molar-refractivity contribution is 7.89. The molecule has 0 atom stereocenters.